The summed E-state index contributed by atoms with van der Waals surface area (Å²) in [5.41, 5.74) is 1.30. The van der Waals surface area contributed by atoms with E-state index >= 15 is 0 Å². The molecule has 0 spiro atoms. The number of nitrogens with one attached hydrogen (secondary N) is 1. The smallest absolute Gasteiger partial charge is 0.264 e. The number of aromatic nitrogens is 2. The van der Waals surface area contributed by atoms with E-state index in [-0.39, 0.29) is 5.56 Å². The zero-order valence-corrected chi connectivity index (χ0v) is 11.8. The summed E-state index contributed by atoms with van der Waals surface area (Å²) in [5, 5.41) is 3.84. The van der Waals surface area contributed by atoms with Crippen molar-refractivity contribution < 1.29 is 0 Å². The first-order valence-electron chi connectivity index (χ1n) is 6.60. The molecule has 0 saturated carbocycles. The fourth-order valence-electron chi connectivity index (χ4n) is 2.73. The molecule has 19 heavy (non-hydrogen) atoms. The van der Waals surface area contributed by atoms with E-state index in [0.29, 0.717) is 12.5 Å². The maximum absolute atomic E-state index is 12.7. The molecule has 1 aliphatic carbocycles. The molecule has 0 aliphatic heterocycles. The van der Waals surface area contributed by atoms with Gasteiger partial charge in [0.1, 0.15) is 4.83 Å². The van der Waals surface area contributed by atoms with E-state index in [4.69, 9.17) is 0 Å². The van der Waals surface area contributed by atoms with Gasteiger partial charge >= 0.3 is 0 Å². The largest absolute Gasteiger partial charge is 0.359 e. The lowest BCUT2D eigenvalue weighted by molar-refractivity contribution is 0.698. The van der Waals surface area contributed by atoms with Crippen molar-refractivity contribution in [2.75, 3.05) is 12.4 Å². The summed E-state index contributed by atoms with van der Waals surface area (Å²) in [6, 6.07) is 0. The van der Waals surface area contributed by atoms with Crippen LogP contribution >= 0.6 is 11.3 Å². The Hall–Kier alpha value is -1.62. The quantitative estimate of drug-likeness (QED) is 0.876. The second-order valence-electron chi connectivity index (χ2n) is 4.78. The lowest BCUT2D eigenvalue weighted by Crippen LogP contribution is -2.24. The molecular weight excluding hydrogens is 258 g/mol. The second-order valence-corrected chi connectivity index (χ2v) is 5.86. The summed E-state index contributed by atoms with van der Waals surface area (Å²) in [5.74, 6) is 0.621. The Morgan fingerprint density at radius 1 is 1.47 bits per heavy atom. The third kappa shape index (κ3) is 1.89. The summed E-state index contributed by atoms with van der Waals surface area (Å²) in [7, 11) is 1.79. The average Bonchev–Trinajstić information content (AvgIpc) is 2.80. The van der Waals surface area contributed by atoms with E-state index in [1.807, 2.05) is 0 Å². The SMILES string of the molecule is C=CCn1c(NC)nc2sc3c(c2c1=O)CCCC3. The summed E-state index contributed by atoms with van der Waals surface area (Å²) in [6.45, 7) is 4.20. The van der Waals surface area contributed by atoms with Crippen molar-refractivity contribution in [3.8, 4) is 0 Å². The van der Waals surface area contributed by atoms with Crippen LogP contribution in [0.4, 0.5) is 5.95 Å². The van der Waals surface area contributed by atoms with Gasteiger partial charge in [-0.15, -0.1) is 17.9 Å². The van der Waals surface area contributed by atoms with Crippen LogP contribution in [-0.4, -0.2) is 16.6 Å². The number of rotatable bonds is 3. The Balaban J connectivity index is 2.34. The summed E-state index contributed by atoms with van der Waals surface area (Å²) in [6.07, 6.45) is 6.23. The van der Waals surface area contributed by atoms with Crippen molar-refractivity contribution in [2.24, 2.45) is 0 Å². The maximum atomic E-state index is 12.7. The number of anilines is 1. The minimum Gasteiger partial charge on any atom is -0.359 e. The van der Waals surface area contributed by atoms with Gasteiger partial charge in [0.15, 0.2) is 0 Å². The fraction of sp³-hybridized carbons (Fsp3) is 0.429. The van der Waals surface area contributed by atoms with E-state index in [9.17, 15) is 4.79 Å². The zero-order valence-electron chi connectivity index (χ0n) is 11.0. The molecule has 1 aliphatic rings. The highest BCUT2D eigenvalue weighted by Crippen LogP contribution is 2.34. The van der Waals surface area contributed by atoms with Crippen LogP contribution in [0.3, 0.4) is 0 Å². The Morgan fingerprint density at radius 3 is 3.00 bits per heavy atom. The predicted molar refractivity (Wildman–Crippen MR) is 80.3 cm³/mol. The van der Waals surface area contributed by atoms with Crippen molar-refractivity contribution in [3.05, 3.63) is 33.4 Å². The first kappa shape index (κ1) is 12.4. The van der Waals surface area contributed by atoms with Gasteiger partial charge in [0.05, 0.1) is 5.39 Å². The molecule has 0 saturated heterocycles. The molecule has 0 radical (unpaired) electrons. The summed E-state index contributed by atoms with van der Waals surface area (Å²) < 4.78 is 1.66. The van der Waals surface area contributed by atoms with E-state index in [0.717, 1.165) is 23.1 Å². The fourth-order valence-corrected chi connectivity index (χ4v) is 3.98. The van der Waals surface area contributed by atoms with Crippen molar-refractivity contribution in [1.82, 2.24) is 9.55 Å². The first-order chi connectivity index (χ1) is 9.26. The van der Waals surface area contributed by atoms with Gasteiger partial charge in [0.25, 0.3) is 5.56 Å². The average molecular weight is 275 g/mol. The van der Waals surface area contributed by atoms with Gasteiger partial charge in [-0.25, -0.2) is 4.98 Å². The highest BCUT2D eigenvalue weighted by Gasteiger charge is 2.21. The third-order valence-corrected chi connectivity index (χ3v) is 4.80. The summed E-state index contributed by atoms with van der Waals surface area (Å²) in [4.78, 5) is 19.5. The topological polar surface area (TPSA) is 46.9 Å². The van der Waals surface area contributed by atoms with Crippen LogP contribution in [0.2, 0.25) is 0 Å². The zero-order chi connectivity index (χ0) is 13.4. The number of nitrogens with zero attached hydrogens (tertiary/aromatic N) is 2. The normalized spacial score (nSPS) is 14.4. The molecule has 4 nitrogen and oxygen atoms in total. The molecule has 2 aromatic rings. The molecule has 2 heterocycles. The number of hydrogen-bond acceptors (Lipinski definition) is 4. The van der Waals surface area contributed by atoms with E-state index in [2.05, 4.69) is 16.9 Å². The van der Waals surface area contributed by atoms with E-state index in [1.165, 1.54) is 23.3 Å². The molecule has 3 rings (SSSR count). The van der Waals surface area contributed by atoms with Gasteiger partial charge in [-0.3, -0.25) is 9.36 Å². The van der Waals surface area contributed by atoms with E-state index < -0.39 is 0 Å². The van der Waals surface area contributed by atoms with Crippen molar-refractivity contribution in [1.29, 1.82) is 0 Å². The molecule has 0 aromatic carbocycles. The number of hydrogen-bond donors (Lipinski definition) is 1. The van der Waals surface area contributed by atoms with Crippen molar-refractivity contribution in [3.63, 3.8) is 0 Å². The Kier molecular flexibility index (Phi) is 3.14. The molecule has 0 amide bonds. The molecular formula is C14H17N3OS. The molecule has 0 bridgehead atoms. The Labute approximate surface area is 115 Å². The van der Waals surface area contributed by atoms with Crippen LogP contribution in [0.5, 0.6) is 0 Å². The maximum Gasteiger partial charge on any atom is 0.264 e. The summed E-state index contributed by atoms with van der Waals surface area (Å²) >= 11 is 1.68. The molecule has 100 valence electrons. The molecule has 0 unspecified atom stereocenters. The number of thiophene rings is 1. The monoisotopic (exact) mass is 275 g/mol. The van der Waals surface area contributed by atoms with Gasteiger partial charge in [-0.1, -0.05) is 6.08 Å². The van der Waals surface area contributed by atoms with Gasteiger partial charge in [-0.2, -0.15) is 0 Å². The van der Waals surface area contributed by atoms with Gasteiger partial charge in [0.2, 0.25) is 5.95 Å². The van der Waals surface area contributed by atoms with Crippen LogP contribution in [0.1, 0.15) is 23.3 Å². The number of aryl methyl sites for hydroxylation is 2. The number of allylic oxidation sites excluding steroid dienone is 1. The first-order valence-corrected chi connectivity index (χ1v) is 7.41. The van der Waals surface area contributed by atoms with Crippen LogP contribution in [-0.2, 0) is 19.4 Å². The molecule has 0 atom stereocenters. The van der Waals surface area contributed by atoms with Crippen molar-refractivity contribution >= 4 is 27.5 Å². The third-order valence-electron chi connectivity index (χ3n) is 3.61. The minimum atomic E-state index is 0.0636. The van der Waals surface area contributed by atoms with E-state index in [1.54, 1.807) is 29.0 Å². The van der Waals surface area contributed by atoms with Gasteiger partial charge in [0, 0.05) is 18.5 Å². The highest BCUT2D eigenvalue weighted by molar-refractivity contribution is 7.18. The lowest BCUT2D eigenvalue weighted by atomic mass is 9.97. The standard InChI is InChI=1S/C14H17N3OS/c1-3-8-17-13(18)11-9-6-4-5-7-10(9)19-12(11)16-14(17)15-2/h3H,1,4-8H2,2H3,(H,15,16). The van der Waals surface area contributed by atoms with Crippen molar-refractivity contribution in [2.45, 2.75) is 32.2 Å². The Morgan fingerprint density at radius 2 is 2.26 bits per heavy atom. The van der Waals surface area contributed by atoms with Crippen LogP contribution in [0, 0.1) is 0 Å². The molecule has 5 heteroatoms. The molecule has 2 aromatic heterocycles. The van der Waals surface area contributed by atoms with Gasteiger partial charge in [-0.05, 0) is 31.2 Å². The van der Waals surface area contributed by atoms with Crippen LogP contribution in [0.25, 0.3) is 10.2 Å². The predicted octanol–water partition coefficient (Wildman–Crippen LogP) is 2.56. The van der Waals surface area contributed by atoms with Gasteiger partial charge < -0.3 is 5.32 Å². The highest BCUT2D eigenvalue weighted by atomic mass is 32.1. The lowest BCUT2D eigenvalue weighted by Gasteiger charge is -2.12. The molecule has 1 N–H and O–H groups in total. The Bertz CT molecular complexity index is 699. The second kappa shape index (κ2) is 4.81. The number of fused-ring (bicyclic) bond motifs is 3. The van der Waals surface area contributed by atoms with Crippen LogP contribution < -0.4 is 10.9 Å². The minimum absolute atomic E-state index is 0.0636. The molecule has 0 fully saturated rings. The van der Waals surface area contributed by atoms with Crippen LogP contribution in [0.15, 0.2) is 17.4 Å².